The van der Waals surface area contributed by atoms with Crippen LogP contribution in [0.5, 0.6) is 0 Å². The molecule has 1 N–H and O–H groups in total. The Morgan fingerprint density at radius 1 is 1.50 bits per heavy atom. The molecule has 1 aromatic rings. The summed E-state index contributed by atoms with van der Waals surface area (Å²) in [6.07, 6.45) is 0. The van der Waals surface area contributed by atoms with Crippen molar-refractivity contribution in [1.82, 2.24) is 4.72 Å². The molecule has 6 nitrogen and oxygen atoms in total. The molecule has 0 amide bonds. The summed E-state index contributed by atoms with van der Waals surface area (Å²) in [4.78, 5) is 11.3. The molecule has 0 unspecified atom stereocenters. The van der Waals surface area contributed by atoms with Gasteiger partial charge in [-0.1, -0.05) is 6.07 Å². The maximum atomic E-state index is 11.9. The Bertz CT molecular complexity index is 602. The summed E-state index contributed by atoms with van der Waals surface area (Å²) in [5, 5.41) is 8.38. The van der Waals surface area contributed by atoms with E-state index < -0.39 is 16.0 Å². The summed E-state index contributed by atoms with van der Waals surface area (Å²) < 4.78 is 30.3. The SMILES string of the molecule is COC(=O)c1ccc(C)c(S(=O)(=O)NCC#N)c1. The first-order valence-corrected chi connectivity index (χ1v) is 6.46. The van der Waals surface area contributed by atoms with Gasteiger partial charge in [-0.25, -0.2) is 13.2 Å². The zero-order chi connectivity index (χ0) is 13.8. The van der Waals surface area contributed by atoms with E-state index >= 15 is 0 Å². The Balaban J connectivity index is 3.24. The molecule has 1 aromatic carbocycles. The van der Waals surface area contributed by atoms with Crippen molar-refractivity contribution < 1.29 is 17.9 Å². The normalized spacial score (nSPS) is 10.7. The van der Waals surface area contributed by atoms with Crippen LogP contribution in [0.2, 0.25) is 0 Å². The highest BCUT2D eigenvalue weighted by Gasteiger charge is 2.18. The third kappa shape index (κ3) is 3.06. The summed E-state index contributed by atoms with van der Waals surface area (Å²) >= 11 is 0. The second kappa shape index (κ2) is 5.62. The number of methoxy groups -OCH3 is 1. The van der Waals surface area contributed by atoms with Crippen LogP contribution in [0, 0.1) is 18.3 Å². The number of sulfonamides is 1. The van der Waals surface area contributed by atoms with Crippen molar-refractivity contribution in [1.29, 1.82) is 5.26 Å². The van der Waals surface area contributed by atoms with E-state index in [0.29, 0.717) is 5.56 Å². The molecule has 0 aliphatic rings. The number of esters is 1. The molecule has 0 heterocycles. The number of carbonyl (C=O) groups is 1. The molecule has 0 saturated heterocycles. The van der Waals surface area contributed by atoms with Crippen molar-refractivity contribution in [2.75, 3.05) is 13.7 Å². The lowest BCUT2D eigenvalue weighted by molar-refractivity contribution is 0.0600. The predicted octanol–water partition coefficient (Wildman–Crippen LogP) is 0.584. The minimum atomic E-state index is -3.80. The van der Waals surface area contributed by atoms with Crippen LogP contribution >= 0.6 is 0 Å². The van der Waals surface area contributed by atoms with E-state index in [4.69, 9.17) is 5.26 Å². The zero-order valence-corrected chi connectivity index (χ0v) is 10.7. The summed E-state index contributed by atoms with van der Waals surface area (Å²) in [5.74, 6) is -0.619. The molecule has 0 aromatic heterocycles. The third-order valence-electron chi connectivity index (χ3n) is 2.24. The first-order valence-electron chi connectivity index (χ1n) is 4.98. The molecule has 1 rings (SSSR count). The lowest BCUT2D eigenvalue weighted by atomic mass is 10.1. The van der Waals surface area contributed by atoms with E-state index in [2.05, 4.69) is 9.46 Å². The molecule has 96 valence electrons. The van der Waals surface area contributed by atoms with Crippen LogP contribution in [-0.4, -0.2) is 28.0 Å². The smallest absolute Gasteiger partial charge is 0.337 e. The molecule has 0 aliphatic heterocycles. The number of hydrogen-bond acceptors (Lipinski definition) is 5. The van der Waals surface area contributed by atoms with Crippen LogP contribution in [0.25, 0.3) is 0 Å². The van der Waals surface area contributed by atoms with Crippen molar-refractivity contribution in [2.24, 2.45) is 0 Å². The topological polar surface area (TPSA) is 96.3 Å². The van der Waals surface area contributed by atoms with E-state index in [-0.39, 0.29) is 17.0 Å². The van der Waals surface area contributed by atoms with Gasteiger partial charge in [0.25, 0.3) is 0 Å². The van der Waals surface area contributed by atoms with Gasteiger partial charge in [-0.15, -0.1) is 0 Å². The Morgan fingerprint density at radius 3 is 2.72 bits per heavy atom. The van der Waals surface area contributed by atoms with Gasteiger partial charge in [-0.3, -0.25) is 0 Å². The number of nitriles is 1. The average molecular weight is 268 g/mol. The highest BCUT2D eigenvalue weighted by molar-refractivity contribution is 7.89. The quantitative estimate of drug-likeness (QED) is 0.636. The Labute approximate surface area is 105 Å². The second-order valence-corrected chi connectivity index (χ2v) is 5.19. The fourth-order valence-corrected chi connectivity index (χ4v) is 2.52. The standard InChI is InChI=1S/C11H12N2O4S/c1-8-3-4-9(11(14)17-2)7-10(8)18(15,16)13-6-5-12/h3-4,7,13H,6H2,1-2H3. The first kappa shape index (κ1) is 14.2. The van der Waals surface area contributed by atoms with Crippen LogP contribution in [-0.2, 0) is 14.8 Å². The zero-order valence-electron chi connectivity index (χ0n) is 9.93. The molecule has 0 radical (unpaired) electrons. The predicted molar refractivity (Wildman–Crippen MR) is 63.3 cm³/mol. The Morgan fingerprint density at radius 2 is 2.17 bits per heavy atom. The van der Waals surface area contributed by atoms with Gasteiger partial charge in [0.2, 0.25) is 10.0 Å². The number of aryl methyl sites for hydroxylation is 1. The lowest BCUT2D eigenvalue weighted by Gasteiger charge is -2.08. The van der Waals surface area contributed by atoms with Crippen molar-refractivity contribution in [3.8, 4) is 6.07 Å². The molecular formula is C11H12N2O4S. The fourth-order valence-electron chi connectivity index (χ4n) is 1.34. The van der Waals surface area contributed by atoms with Gasteiger partial charge in [0.05, 0.1) is 30.2 Å². The van der Waals surface area contributed by atoms with Crippen LogP contribution in [0.15, 0.2) is 23.1 Å². The number of benzene rings is 1. The monoisotopic (exact) mass is 268 g/mol. The third-order valence-corrected chi connectivity index (χ3v) is 3.78. The molecule has 7 heteroatoms. The molecule has 0 saturated carbocycles. The first-order chi connectivity index (χ1) is 8.42. The highest BCUT2D eigenvalue weighted by Crippen LogP contribution is 2.17. The Hall–Kier alpha value is -1.91. The van der Waals surface area contributed by atoms with E-state index in [0.717, 1.165) is 0 Å². The molecule has 0 atom stereocenters. The summed E-state index contributed by atoms with van der Waals surface area (Å²) in [6, 6.07) is 5.89. The molecule has 0 spiro atoms. The maximum absolute atomic E-state index is 11.9. The van der Waals surface area contributed by atoms with Gasteiger partial charge >= 0.3 is 5.97 Å². The van der Waals surface area contributed by atoms with E-state index in [9.17, 15) is 13.2 Å². The fraction of sp³-hybridized carbons (Fsp3) is 0.273. The van der Waals surface area contributed by atoms with Crippen LogP contribution in [0.1, 0.15) is 15.9 Å². The van der Waals surface area contributed by atoms with Crippen LogP contribution in [0.3, 0.4) is 0 Å². The molecule has 0 bridgehead atoms. The largest absolute Gasteiger partial charge is 0.465 e. The lowest BCUT2D eigenvalue weighted by Crippen LogP contribution is -2.25. The van der Waals surface area contributed by atoms with E-state index in [1.54, 1.807) is 13.0 Å². The number of nitrogens with zero attached hydrogens (tertiary/aromatic N) is 1. The highest BCUT2D eigenvalue weighted by atomic mass is 32.2. The van der Waals surface area contributed by atoms with Gasteiger partial charge in [0.1, 0.15) is 0 Å². The average Bonchev–Trinajstić information content (AvgIpc) is 2.35. The van der Waals surface area contributed by atoms with Crippen molar-refractivity contribution in [3.63, 3.8) is 0 Å². The molecule has 0 aliphatic carbocycles. The van der Waals surface area contributed by atoms with Crippen molar-refractivity contribution in [3.05, 3.63) is 29.3 Å². The molecule has 0 fully saturated rings. The van der Waals surface area contributed by atoms with Gasteiger partial charge in [-0.2, -0.15) is 9.98 Å². The molecular weight excluding hydrogens is 256 g/mol. The van der Waals surface area contributed by atoms with Crippen molar-refractivity contribution >= 4 is 16.0 Å². The number of rotatable bonds is 4. The molecule has 18 heavy (non-hydrogen) atoms. The summed E-state index contributed by atoms with van der Waals surface area (Å²) in [5.41, 5.74) is 0.619. The van der Waals surface area contributed by atoms with Crippen LogP contribution < -0.4 is 4.72 Å². The van der Waals surface area contributed by atoms with E-state index in [1.165, 1.54) is 25.3 Å². The number of carbonyl (C=O) groups excluding carboxylic acids is 1. The number of nitrogens with one attached hydrogen (secondary N) is 1. The van der Waals surface area contributed by atoms with Gasteiger partial charge < -0.3 is 4.74 Å². The summed E-state index contributed by atoms with van der Waals surface area (Å²) in [7, 11) is -2.59. The van der Waals surface area contributed by atoms with Crippen molar-refractivity contribution in [2.45, 2.75) is 11.8 Å². The van der Waals surface area contributed by atoms with Crippen LogP contribution in [0.4, 0.5) is 0 Å². The minimum absolute atomic E-state index is 0.0411. The number of hydrogen-bond donors (Lipinski definition) is 1. The summed E-state index contributed by atoms with van der Waals surface area (Å²) in [6.45, 7) is 1.27. The van der Waals surface area contributed by atoms with E-state index in [1.807, 2.05) is 0 Å². The van der Waals surface area contributed by atoms with Gasteiger partial charge in [0.15, 0.2) is 0 Å². The Kier molecular flexibility index (Phi) is 4.42. The second-order valence-electron chi connectivity index (χ2n) is 3.45. The minimum Gasteiger partial charge on any atom is -0.465 e. The maximum Gasteiger partial charge on any atom is 0.337 e. The van der Waals surface area contributed by atoms with Gasteiger partial charge in [-0.05, 0) is 24.6 Å². The number of ether oxygens (including phenoxy) is 1. The van der Waals surface area contributed by atoms with Gasteiger partial charge in [0, 0.05) is 0 Å².